The fraction of sp³-hybridized carbons (Fsp3) is 0.476. The summed E-state index contributed by atoms with van der Waals surface area (Å²) in [6.45, 7) is 5.33. The number of nitrogens with zero attached hydrogens (tertiary/aromatic N) is 4. The minimum absolute atomic E-state index is 0.340. The Hall–Kier alpha value is -2.69. The Morgan fingerprint density at radius 3 is 2.64 bits per heavy atom. The lowest BCUT2D eigenvalue weighted by Gasteiger charge is -2.55. The zero-order valence-electron chi connectivity index (χ0n) is 15.7. The lowest BCUT2D eigenvalue weighted by Crippen LogP contribution is -2.66. The fourth-order valence-corrected chi connectivity index (χ4v) is 4.23. The summed E-state index contributed by atoms with van der Waals surface area (Å²) in [6.07, 6.45) is 3.70. The molecule has 0 atom stereocenters. The Bertz CT molecular complexity index is 907. The maximum Gasteiger partial charge on any atom is 0.134 e. The Morgan fingerprint density at radius 2 is 1.93 bits per heavy atom. The number of nitriles is 1. The number of hydrogen-bond acceptors (Lipinski definition) is 7. The first-order valence-corrected chi connectivity index (χ1v) is 9.79. The van der Waals surface area contributed by atoms with Crippen LogP contribution in [-0.4, -0.2) is 49.5 Å². The molecule has 3 aliphatic rings. The fourth-order valence-electron chi connectivity index (χ4n) is 4.23. The van der Waals surface area contributed by atoms with Crippen molar-refractivity contribution in [1.29, 1.82) is 5.26 Å². The van der Waals surface area contributed by atoms with E-state index >= 15 is 0 Å². The van der Waals surface area contributed by atoms with Crippen molar-refractivity contribution < 1.29 is 9.47 Å². The Balaban J connectivity index is 1.43. The van der Waals surface area contributed by atoms with E-state index in [1.165, 1.54) is 5.56 Å². The smallest absolute Gasteiger partial charge is 0.134 e. The highest BCUT2D eigenvalue weighted by Gasteiger charge is 2.49. The van der Waals surface area contributed by atoms with Crippen molar-refractivity contribution in [3.05, 3.63) is 41.6 Å². The van der Waals surface area contributed by atoms with Gasteiger partial charge in [0.05, 0.1) is 30.3 Å². The van der Waals surface area contributed by atoms with Crippen LogP contribution in [0.15, 0.2) is 30.5 Å². The van der Waals surface area contributed by atoms with Crippen LogP contribution in [0.2, 0.25) is 0 Å². The Kier molecular flexibility index (Phi) is 4.38. The predicted molar refractivity (Wildman–Crippen MR) is 105 cm³/mol. The van der Waals surface area contributed by atoms with Gasteiger partial charge in [-0.1, -0.05) is 0 Å². The molecule has 2 aromatic rings. The van der Waals surface area contributed by atoms with E-state index in [9.17, 15) is 0 Å². The van der Waals surface area contributed by atoms with Gasteiger partial charge in [-0.25, -0.2) is 9.97 Å². The van der Waals surface area contributed by atoms with Crippen molar-refractivity contribution in [3.8, 4) is 6.07 Å². The van der Waals surface area contributed by atoms with Gasteiger partial charge >= 0.3 is 0 Å². The van der Waals surface area contributed by atoms with Crippen molar-refractivity contribution in [2.45, 2.75) is 18.8 Å². The number of hydrogen-bond donors (Lipinski definition) is 1. The van der Waals surface area contributed by atoms with E-state index in [0.29, 0.717) is 22.7 Å². The van der Waals surface area contributed by atoms with Gasteiger partial charge in [-0.2, -0.15) is 5.26 Å². The standard InChI is InChI=1S/C21H23N5O2/c22-10-15-1-4-23-18(7-15)24-19-8-17(16-2-5-27-6-3-16)9-20(25-19)26-11-21(12-26)13-28-14-21/h1,4,7-9,16H,2-3,5-6,11-14H2,(H,23,24,25). The predicted octanol–water partition coefficient (Wildman–Crippen LogP) is 2.82. The minimum atomic E-state index is 0.340. The summed E-state index contributed by atoms with van der Waals surface area (Å²) in [5.41, 5.74) is 2.21. The van der Waals surface area contributed by atoms with Gasteiger partial charge in [0.15, 0.2) is 0 Å². The van der Waals surface area contributed by atoms with E-state index in [0.717, 1.165) is 64.0 Å². The van der Waals surface area contributed by atoms with Gasteiger partial charge < -0.3 is 19.7 Å². The van der Waals surface area contributed by atoms with E-state index in [1.54, 1.807) is 18.3 Å². The molecule has 0 aromatic carbocycles. The molecule has 5 rings (SSSR count). The third-order valence-corrected chi connectivity index (χ3v) is 5.87. The molecule has 0 saturated carbocycles. The molecule has 0 amide bonds. The SMILES string of the molecule is N#Cc1ccnc(Nc2cc(C3CCOCC3)cc(N3CC4(COC4)C3)n2)c1. The van der Waals surface area contributed by atoms with Crippen LogP contribution in [0.3, 0.4) is 0 Å². The molecule has 3 aliphatic heterocycles. The average Bonchev–Trinajstić information content (AvgIpc) is 2.66. The van der Waals surface area contributed by atoms with Crippen molar-refractivity contribution in [2.24, 2.45) is 5.41 Å². The molecule has 5 heterocycles. The topological polar surface area (TPSA) is 83.3 Å². The third kappa shape index (κ3) is 3.30. The molecular weight excluding hydrogens is 354 g/mol. The first kappa shape index (κ1) is 17.4. The Labute approximate surface area is 164 Å². The molecule has 1 N–H and O–H groups in total. The summed E-state index contributed by atoms with van der Waals surface area (Å²) in [5.74, 6) is 2.89. The van der Waals surface area contributed by atoms with Gasteiger partial charge in [0.2, 0.25) is 0 Å². The number of aromatic nitrogens is 2. The number of nitrogens with one attached hydrogen (secondary N) is 1. The van der Waals surface area contributed by atoms with Gasteiger partial charge in [0.1, 0.15) is 17.5 Å². The molecule has 3 fully saturated rings. The molecule has 28 heavy (non-hydrogen) atoms. The quantitative estimate of drug-likeness (QED) is 0.877. The van der Waals surface area contributed by atoms with Gasteiger partial charge in [-0.05, 0) is 48.6 Å². The number of ether oxygens (including phenoxy) is 2. The lowest BCUT2D eigenvalue weighted by molar-refractivity contribution is -0.127. The summed E-state index contributed by atoms with van der Waals surface area (Å²) < 4.78 is 10.9. The molecule has 0 bridgehead atoms. The molecule has 0 radical (unpaired) electrons. The van der Waals surface area contributed by atoms with Crippen LogP contribution in [0.1, 0.15) is 29.9 Å². The number of anilines is 3. The largest absolute Gasteiger partial charge is 0.381 e. The molecule has 0 unspecified atom stereocenters. The van der Waals surface area contributed by atoms with Crippen LogP contribution in [-0.2, 0) is 9.47 Å². The van der Waals surface area contributed by atoms with Crippen LogP contribution in [0.4, 0.5) is 17.5 Å². The summed E-state index contributed by atoms with van der Waals surface area (Å²) in [7, 11) is 0. The first-order valence-electron chi connectivity index (χ1n) is 9.79. The second-order valence-electron chi connectivity index (χ2n) is 8.05. The van der Waals surface area contributed by atoms with E-state index < -0.39 is 0 Å². The summed E-state index contributed by atoms with van der Waals surface area (Å²) in [5, 5.41) is 12.4. The number of pyridine rings is 2. The van der Waals surface area contributed by atoms with Crippen LogP contribution >= 0.6 is 0 Å². The maximum atomic E-state index is 9.13. The van der Waals surface area contributed by atoms with Crippen LogP contribution < -0.4 is 10.2 Å². The van der Waals surface area contributed by atoms with Crippen molar-refractivity contribution in [3.63, 3.8) is 0 Å². The third-order valence-electron chi connectivity index (χ3n) is 5.87. The maximum absolute atomic E-state index is 9.13. The van der Waals surface area contributed by atoms with E-state index in [4.69, 9.17) is 19.7 Å². The first-order chi connectivity index (χ1) is 13.7. The number of rotatable bonds is 4. The monoisotopic (exact) mass is 377 g/mol. The van der Waals surface area contributed by atoms with Gasteiger partial charge in [-0.15, -0.1) is 0 Å². The van der Waals surface area contributed by atoms with Crippen molar-refractivity contribution in [1.82, 2.24) is 9.97 Å². The highest BCUT2D eigenvalue weighted by Crippen LogP contribution is 2.41. The molecule has 0 aliphatic carbocycles. The molecule has 7 nitrogen and oxygen atoms in total. The molecule has 2 aromatic heterocycles. The normalized spacial score (nSPS) is 20.9. The minimum Gasteiger partial charge on any atom is -0.381 e. The van der Waals surface area contributed by atoms with Crippen LogP contribution in [0, 0.1) is 16.7 Å². The van der Waals surface area contributed by atoms with Crippen LogP contribution in [0.25, 0.3) is 0 Å². The lowest BCUT2D eigenvalue weighted by atomic mass is 9.78. The van der Waals surface area contributed by atoms with E-state index in [2.05, 4.69) is 33.4 Å². The van der Waals surface area contributed by atoms with E-state index in [-0.39, 0.29) is 0 Å². The highest BCUT2D eigenvalue weighted by atomic mass is 16.5. The van der Waals surface area contributed by atoms with Crippen LogP contribution in [0.5, 0.6) is 0 Å². The van der Waals surface area contributed by atoms with Crippen molar-refractivity contribution >= 4 is 17.5 Å². The van der Waals surface area contributed by atoms with Gasteiger partial charge in [0, 0.05) is 32.5 Å². The second-order valence-corrected chi connectivity index (χ2v) is 8.05. The summed E-state index contributed by atoms with van der Waals surface area (Å²) in [6, 6.07) is 9.93. The van der Waals surface area contributed by atoms with Gasteiger partial charge in [0.25, 0.3) is 0 Å². The molecule has 3 saturated heterocycles. The van der Waals surface area contributed by atoms with E-state index in [1.807, 2.05) is 0 Å². The van der Waals surface area contributed by atoms with Gasteiger partial charge in [-0.3, -0.25) is 0 Å². The van der Waals surface area contributed by atoms with Crippen molar-refractivity contribution in [2.75, 3.05) is 49.7 Å². The summed E-state index contributed by atoms with van der Waals surface area (Å²) >= 11 is 0. The molecule has 1 spiro atoms. The Morgan fingerprint density at radius 1 is 1.11 bits per heavy atom. The molecule has 7 heteroatoms. The average molecular weight is 377 g/mol. The highest BCUT2D eigenvalue weighted by molar-refractivity contribution is 5.59. The zero-order chi connectivity index (χ0) is 19.0. The zero-order valence-corrected chi connectivity index (χ0v) is 15.7. The second kappa shape index (κ2) is 7.04. The molecule has 144 valence electrons. The summed E-state index contributed by atoms with van der Waals surface area (Å²) in [4.78, 5) is 11.5. The molecular formula is C21H23N5O2.